The average molecular weight is 202 g/mol. The van der Waals surface area contributed by atoms with Crippen LogP contribution in [0.4, 0.5) is 0 Å². The predicted molar refractivity (Wildman–Crippen MR) is 61.3 cm³/mol. The fourth-order valence-corrected chi connectivity index (χ4v) is 3.02. The van der Waals surface area contributed by atoms with Gasteiger partial charge >= 0.3 is 0 Å². The lowest BCUT2D eigenvalue weighted by Crippen LogP contribution is -2.21. The van der Waals surface area contributed by atoms with Crippen molar-refractivity contribution in [2.24, 2.45) is 11.8 Å². The van der Waals surface area contributed by atoms with Crippen molar-refractivity contribution >= 4 is 0 Å². The summed E-state index contributed by atoms with van der Waals surface area (Å²) in [6, 6.07) is 0. The zero-order chi connectivity index (χ0) is 10.1. The highest BCUT2D eigenvalue weighted by Gasteiger charge is 2.40. The van der Waals surface area contributed by atoms with E-state index in [0.29, 0.717) is 12.0 Å². The molecule has 1 fully saturated rings. The highest BCUT2D eigenvalue weighted by atomic mass is 16.5. The lowest BCUT2D eigenvalue weighted by atomic mass is 9.80. The van der Waals surface area contributed by atoms with E-state index in [9.17, 15) is 0 Å². The van der Waals surface area contributed by atoms with E-state index in [-0.39, 0.29) is 0 Å². The third-order valence-electron chi connectivity index (χ3n) is 3.83. The van der Waals surface area contributed by atoms with Gasteiger partial charge in [-0.25, -0.2) is 0 Å². The van der Waals surface area contributed by atoms with Crippen LogP contribution in [0, 0.1) is 11.8 Å². The summed E-state index contributed by atoms with van der Waals surface area (Å²) in [5.74, 6) is 2.69. The van der Waals surface area contributed by atoms with E-state index in [1.807, 2.05) is 0 Å². The second-order valence-corrected chi connectivity index (χ2v) is 4.76. The summed E-state index contributed by atoms with van der Waals surface area (Å²) in [6.07, 6.45) is 17.9. The molecular weight excluding hydrogens is 184 g/mol. The number of rotatable bonds is 0. The molecule has 0 aromatic heterocycles. The molecule has 0 aromatic carbocycles. The minimum Gasteiger partial charge on any atom is -0.494 e. The predicted octanol–water partition coefficient (Wildman–Crippen LogP) is 3.59. The Morgan fingerprint density at radius 1 is 0.933 bits per heavy atom. The number of fused-ring (bicyclic) bond motifs is 3. The van der Waals surface area contributed by atoms with Gasteiger partial charge in [0.05, 0.1) is 5.76 Å². The maximum atomic E-state index is 6.08. The van der Waals surface area contributed by atoms with Crippen molar-refractivity contribution in [3.05, 3.63) is 36.1 Å². The monoisotopic (exact) mass is 202 g/mol. The summed E-state index contributed by atoms with van der Waals surface area (Å²) in [7, 11) is 0. The summed E-state index contributed by atoms with van der Waals surface area (Å²) < 4.78 is 6.08. The first kappa shape index (κ1) is 9.26. The molecule has 1 aliphatic heterocycles. The van der Waals surface area contributed by atoms with Crippen molar-refractivity contribution in [3.63, 3.8) is 0 Å². The Bertz CT molecular complexity index is 324. The van der Waals surface area contributed by atoms with E-state index in [1.165, 1.54) is 25.0 Å². The van der Waals surface area contributed by atoms with Crippen LogP contribution in [0.15, 0.2) is 36.1 Å². The van der Waals surface area contributed by atoms with Crippen LogP contribution in [0.2, 0.25) is 0 Å². The molecule has 3 atom stereocenters. The van der Waals surface area contributed by atoms with Crippen molar-refractivity contribution in [1.82, 2.24) is 0 Å². The molecule has 0 bridgehead atoms. The van der Waals surface area contributed by atoms with E-state index in [1.54, 1.807) is 0 Å². The Hall–Kier alpha value is -0.980. The number of hydrogen-bond acceptors (Lipinski definition) is 1. The van der Waals surface area contributed by atoms with Crippen LogP contribution < -0.4 is 0 Å². The van der Waals surface area contributed by atoms with Crippen LogP contribution in [0.1, 0.15) is 32.1 Å². The number of allylic oxidation sites excluding steroid dienone is 5. The van der Waals surface area contributed by atoms with Gasteiger partial charge in [-0.1, -0.05) is 24.3 Å². The lowest BCUT2D eigenvalue weighted by molar-refractivity contribution is 0.128. The zero-order valence-electron chi connectivity index (χ0n) is 9.06. The molecular formula is C14H18O. The Kier molecular flexibility index (Phi) is 2.40. The van der Waals surface area contributed by atoms with Crippen molar-refractivity contribution < 1.29 is 4.74 Å². The first-order chi connectivity index (χ1) is 7.45. The molecule has 15 heavy (non-hydrogen) atoms. The molecule has 80 valence electrons. The Labute approximate surface area is 91.5 Å². The van der Waals surface area contributed by atoms with Gasteiger partial charge in [-0.2, -0.15) is 0 Å². The third kappa shape index (κ3) is 1.64. The average Bonchev–Trinajstić information content (AvgIpc) is 2.55. The Balaban J connectivity index is 1.86. The molecule has 0 N–H and O–H groups in total. The van der Waals surface area contributed by atoms with Gasteiger partial charge < -0.3 is 4.74 Å². The SMILES string of the molecule is C1=CCC2C(C1)O/C1=C/CC/C=C\CC12. The van der Waals surface area contributed by atoms with Gasteiger partial charge in [-0.3, -0.25) is 0 Å². The highest BCUT2D eigenvalue weighted by Crippen LogP contribution is 2.44. The van der Waals surface area contributed by atoms with Crippen LogP contribution in [0.3, 0.4) is 0 Å². The van der Waals surface area contributed by atoms with Gasteiger partial charge in [0.25, 0.3) is 0 Å². The normalized spacial score (nSPS) is 44.0. The molecule has 1 heterocycles. The topological polar surface area (TPSA) is 9.23 Å². The smallest absolute Gasteiger partial charge is 0.105 e. The van der Waals surface area contributed by atoms with Gasteiger partial charge in [-0.05, 0) is 31.8 Å². The van der Waals surface area contributed by atoms with Gasteiger partial charge in [0.15, 0.2) is 0 Å². The summed E-state index contributed by atoms with van der Waals surface area (Å²) in [5, 5.41) is 0. The summed E-state index contributed by atoms with van der Waals surface area (Å²) in [6.45, 7) is 0. The number of hydrogen-bond donors (Lipinski definition) is 0. The molecule has 0 spiro atoms. The molecule has 1 nitrogen and oxygen atoms in total. The standard InChI is InChI=1S/C14H18O/c1-2-4-9-13-11(7-3-1)12-8-5-6-10-14(12)15-13/h1,3,5-6,9,11-12,14H,2,4,7-8,10H2/b3-1-,13-9+. The Morgan fingerprint density at radius 3 is 2.80 bits per heavy atom. The van der Waals surface area contributed by atoms with E-state index in [2.05, 4.69) is 30.4 Å². The fraction of sp³-hybridized carbons (Fsp3) is 0.571. The van der Waals surface area contributed by atoms with Crippen LogP contribution in [0.25, 0.3) is 0 Å². The van der Waals surface area contributed by atoms with Gasteiger partial charge in [0.1, 0.15) is 6.10 Å². The third-order valence-corrected chi connectivity index (χ3v) is 3.83. The van der Waals surface area contributed by atoms with E-state index < -0.39 is 0 Å². The minimum absolute atomic E-state index is 0.470. The lowest BCUT2D eigenvalue weighted by Gasteiger charge is -2.21. The second kappa shape index (κ2) is 3.88. The first-order valence-corrected chi connectivity index (χ1v) is 6.12. The molecule has 1 heteroatoms. The second-order valence-electron chi connectivity index (χ2n) is 4.76. The zero-order valence-corrected chi connectivity index (χ0v) is 9.06. The molecule has 0 saturated carbocycles. The quantitative estimate of drug-likeness (QED) is 0.545. The number of ether oxygens (including phenoxy) is 1. The fourth-order valence-electron chi connectivity index (χ4n) is 3.02. The van der Waals surface area contributed by atoms with E-state index >= 15 is 0 Å². The van der Waals surface area contributed by atoms with Gasteiger partial charge in [0.2, 0.25) is 0 Å². The van der Waals surface area contributed by atoms with Crippen LogP contribution in [-0.4, -0.2) is 6.10 Å². The summed E-state index contributed by atoms with van der Waals surface area (Å²) >= 11 is 0. The van der Waals surface area contributed by atoms with Crippen molar-refractivity contribution in [2.45, 2.75) is 38.2 Å². The molecule has 1 saturated heterocycles. The highest BCUT2D eigenvalue weighted by molar-refractivity contribution is 5.16. The molecule has 3 aliphatic rings. The van der Waals surface area contributed by atoms with Crippen molar-refractivity contribution in [1.29, 1.82) is 0 Å². The summed E-state index contributed by atoms with van der Waals surface area (Å²) in [5.41, 5.74) is 0. The van der Waals surface area contributed by atoms with Gasteiger partial charge in [-0.15, -0.1) is 0 Å². The van der Waals surface area contributed by atoms with Crippen molar-refractivity contribution in [3.8, 4) is 0 Å². The van der Waals surface area contributed by atoms with E-state index in [0.717, 1.165) is 18.8 Å². The first-order valence-electron chi connectivity index (χ1n) is 6.12. The van der Waals surface area contributed by atoms with Crippen molar-refractivity contribution in [2.75, 3.05) is 0 Å². The molecule has 2 aliphatic carbocycles. The maximum Gasteiger partial charge on any atom is 0.105 e. The maximum absolute atomic E-state index is 6.08. The molecule has 0 radical (unpaired) electrons. The van der Waals surface area contributed by atoms with Crippen LogP contribution >= 0.6 is 0 Å². The van der Waals surface area contributed by atoms with E-state index in [4.69, 9.17) is 4.74 Å². The molecule has 3 unspecified atom stereocenters. The van der Waals surface area contributed by atoms with Gasteiger partial charge in [0, 0.05) is 18.3 Å². The Morgan fingerprint density at radius 2 is 1.80 bits per heavy atom. The van der Waals surface area contributed by atoms with Crippen LogP contribution in [-0.2, 0) is 4.74 Å². The molecule has 0 aromatic rings. The minimum atomic E-state index is 0.470. The van der Waals surface area contributed by atoms with Crippen LogP contribution in [0.5, 0.6) is 0 Å². The summed E-state index contributed by atoms with van der Waals surface area (Å²) in [4.78, 5) is 0. The largest absolute Gasteiger partial charge is 0.494 e. The molecule has 3 rings (SSSR count). The molecule has 0 amide bonds.